The third-order valence-electron chi connectivity index (χ3n) is 2.54. The van der Waals surface area contributed by atoms with Crippen LogP contribution in [0.25, 0.3) is 0 Å². The molecule has 92 valence electrons. The second-order valence-electron chi connectivity index (χ2n) is 3.83. The van der Waals surface area contributed by atoms with Gasteiger partial charge in [-0.1, -0.05) is 44.0 Å². The Morgan fingerprint density at radius 3 is 2.11 bits per heavy atom. The minimum atomic E-state index is -0.379. The first kappa shape index (κ1) is 13.3. The third-order valence-corrected chi connectivity index (χ3v) is 4.02. The number of phenolic OH excluding ortho intramolecular Hbond substituents is 1. The molecule has 0 fully saturated rings. The number of aromatic hydroxyl groups is 1. The molecule has 0 aliphatic heterocycles. The lowest BCUT2D eigenvalue weighted by atomic mass is 10.0. The highest BCUT2D eigenvalue weighted by Gasteiger charge is 2.18. The predicted octanol–water partition coefficient (Wildman–Crippen LogP) is 4.47. The lowest BCUT2D eigenvalue weighted by Crippen LogP contribution is -2.06. The van der Waals surface area contributed by atoms with Gasteiger partial charge >= 0.3 is 0 Å². The highest BCUT2D eigenvalue weighted by molar-refractivity contribution is 9.10. The Bertz CT molecular complexity index is 547. The maximum atomic E-state index is 12.2. The summed E-state index contributed by atoms with van der Waals surface area (Å²) in [4.78, 5) is 11.8. The fraction of sp³-hybridized carbons (Fsp3) is 0.0714. The fourth-order valence-electron chi connectivity index (χ4n) is 1.56. The molecule has 4 heteroatoms. The molecule has 2 nitrogen and oxygen atoms in total. The van der Waals surface area contributed by atoms with Crippen LogP contribution < -0.4 is 0 Å². The number of carbonyl (C=O) groups excluding carboxylic acids is 1. The monoisotopic (exact) mass is 368 g/mol. The van der Waals surface area contributed by atoms with Gasteiger partial charge in [-0.25, -0.2) is 0 Å². The van der Waals surface area contributed by atoms with E-state index in [4.69, 9.17) is 0 Å². The Morgan fingerprint density at radius 1 is 1.00 bits per heavy atom. The van der Waals surface area contributed by atoms with Crippen LogP contribution in [0.1, 0.15) is 20.7 Å². The molecule has 0 amide bonds. The summed E-state index contributed by atoms with van der Waals surface area (Å²) in [5.74, 6) is 0.124. The first-order valence-corrected chi connectivity index (χ1v) is 7.01. The number of rotatable bonds is 3. The summed E-state index contributed by atoms with van der Waals surface area (Å²) in [7, 11) is 0. The quantitative estimate of drug-likeness (QED) is 0.640. The molecule has 0 saturated heterocycles. The van der Waals surface area contributed by atoms with Gasteiger partial charge in [-0.15, -0.1) is 0 Å². The largest absolute Gasteiger partial charge is 0.508 e. The highest BCUT2D eigenvalue weighted by Crippen LogP contribution is 2.28. The molecule has 2 rings (SSSR count). The van der Waals surface area contributed by atoms with Crippen molar-refractivity contribution in [2.45, 2.75) is 4.83 Å². The molecule has 2 aromatic rings. The summed E-state index contributed by atoms with van der Waals surface area (Å²) in [5, 5.41) is 9.20. The van der Waals surface area contributed by atoms with Crippen molar-refractivity contribution in [3.63, 3.8) is 0 Å². The summed E-state index contributed by atoms with van der Waals surface area (Å²) < 4.78 is 0.975. The van der Waals surface area contributed by atoms with Gasteiger partial charge in [0.1, 0.15) is 10.6 Å². The first-order valence-electron chi connectivity index (χ1n) is 5.31. The number of phenols is 1. The molecule has 1 unspecified atom stereocenters. The maximum absolute atomic E-state index is 12.2. The average Bonchev–Trinajstić information content (AvgIpc) is 2.39. The highest BCUT2D eigenvalue weighted by atomic mass is 79.9. The molecule has 0 spiro atoms. The van der Waals surface area contributed by atoms with Gasteiger partial charge in [-0.3, -0.25) is 4.79 Å². The molecule has 0 saturated carbocycles. The zero-order valence-electron chi connectivity index (χ0n) is 9.31. The van der Waals surface area contributed by atoms with Gasteiger partial charge < -0.3 is 5.11 Å². The van der Waals surface area contributed by atoms with E-state index in [9.17, 15) is 9.90 Å². The standard InChI is InChI=1S/C14H10Br2O2/c15-11-5-1-9(2-6-11)13(16)14(18)10-3-7-12(17)8-4-10/h1-8,13,17H. The van der Waals surface area contributed by atoms with Crippen molar-refractivity contribution >= 4 is 37.6 Å². The molecule has 0 aromatic heterocycles. The molecular formula is C14H10Br2O2. The summed E-state index contributed by atoms with van der Waals surface area (Å²) in [6, 6.07) is 13.8. The number of alkyl halides is 1. The minimum absolute atomic E-state index is 0.0303. The zero-order chi connectivity index (χ0) is 13.1. The Balaban J connectivity index is 2.23. The van der Waals surface area contributed by atoms with Crippen LogP contribution in [0, 0.1) is 0 Å². The average molecular weight is 370 g/mol. The summed E-state index contributed by atoms with van der Waals surface area (Å²) in [6.45, 7) is 0. The number of benzene rings is 2. The van der Waals surface area contributed by atoms with Gasteiger partial charge in [0.2, 0.25) is 0 Å². The van der Waals surface area contributed by atoms with E-state index in [1.807, 2.05) is 24.3 Å². The Kier molecular flexibility index (Phi) is 4.19. The van der Waals surface area contributed by atoms with Gasteiger partial charge in [0.25, 0.3) is 0 Å². The topological polar surface area (TPSA) is 37.3 Å². The van der Waals surface area contributed by atoms with Crippen LogP contribution in [0.5, 0.6) is 5.75 Å². The molecular weight excluding hydrogens is 360 g/mol. The minimum Gasteiger partial charge on any atom is -0.508 e. The second-order valence-corrected chi connectivity index (χ2v) is 5.66. The maximum Gasteiger partial charge on any atom is 0.180 e. The van der Waals surface area contributed by atoms with Crippen LogP contribution >= 0.6 is 31.9 Å². The predicted molar refractivity (Wildman–Crippen MR) is 78.2 cm³/mol. The number of ketones is 1. The van der Waals surface area contributed by atoms with Crippen LogP contribution in [-0.4, -0.2) is 10.9 Å². The van der Waals surface area contributed by atoms with E-state index in [0.29, 0.717) is 5.56 Å². The van der Waals surface area contributed by atoms with Crippen LogP contribution in [0.15, 0.2) is 53.0 Å². The van der Waals surface area contributed by atoms with E-state index in [1.54, 1.807) is 12.1 Å². The van der Waals surface area contributed by atoms with Crippen LogP contribution in [0.4, 0.5) is 0 Å². The van der Waals surface area contributed by atoms with E-state index in [0.717, 1.165) is 10.0 Å². The van der Waals surface area contributed by atoms with Crippen molar-refractivity contribution in [3.8, 4) is 5.75 Å². The van der Waals surface area contributed by atoms with Gasteiger partial charge in [0.05, 0.1) is 0 Å². The number of carbonyl (C=O) groups is 1. The number of Topliss-reactive ketones (excluding diaryl/α,β-unsaturated/α-hetero) is 1. The van der Waals surface area contributed by atoms with E-state index < -0.39 is 0 Å². The normalized spacial score (nSPS) is 12.1. The van der Waals surface area contributed by atoms with Crippen LogP contribution in [-0.2, 0) is 0 Å². The van der Waals surface area contributed by atoms with Gasteiger partial charge in [0, 0.05) is 10.0 Å². The fourth-order valence-corrected chi connectivity index (χ4v) is 2.39. The molecule has 1 N–H and O–H groups in total. The Morgan fingerprint density at radius 2 is 1.56 bits per heavy atom. The van der Waals surface area contributed by atoms with E-state index >= 15 is 0 Å². The molecule has 18 heavy (non-hydrogen) atoms. The summed E-state index contributed by atoms with van der Waals surface area (Å²) in [6.07, 6.45) is 0. The molecule has 2 aromatic carbocycles. The second kappa shape index (κ2) is 5.67. The van der Waals surface area contributed by atoms with Crippen LogP contribution in [0.2, 0.25) is 0 Å². The lowest BCUT2D eigenvalue weighted by Gasteiger charge is -2.09. The van der Waals surface area contributed by atoms with E-state index in [-0.39, 0.29) is 16.4 Å². The van der Waals surface area contributed by atoms with E-state index in [2.05, 4.69) is 31.9 Å². The lowest BCUT2D eigenvalue weighted by molar-refractivity contribution is 0.0991. The molecule has 0 radical (unpaired) electrons. The van der Waals surface area contributed by atoms with Crippen molar-refractivity contribution in [2.24, 2.45) is 0 Å². The van der Waals surface area contributed by atoms with Crippen molar-refractivity contribution < 1.29 is 9.90 Å². The SMILES string of the molecule is O=C(c1ccc(O)cc1)C(Br)c1ccc(Br)cc1. The number of hydrogen-bond acceptors (Lipinski definition) is 2. The smallest absolute Gasteiger partial charge is 0.180 e. The molecule has 0 bridgehead atoms. The van der Waals surface area contributed by atoms with Crippen molar-refractivity contribution in [3.05, 3.63) is 64.1 Å². The van der Waals surface area contributed by atoms with Gasteiger partial charge in [-0.05, 0) is 42.0 Å². The van der Waals surface area contributed by atoms with Crippen molar-refractivity contribution in [2.75, 3.05) is 0 Å². The first-order chi connectivity index (χ1) is 8.58. The van der Waals surface area contributed by atoms with Gasteiger partial charge in [0.15, 0.2) is 5.78 Å². The Labute approximate surface area is 122 Å². The summed E-state index contributed by atoms with van der Waals surface area (Å²) >= 11 is 6.76. The number of halogens is 2. The van der Waals surface area contributed by atoms with Crippen molar-refractivity contribution in [1.29, 1.82) is 0 Å². The number of hydrogen-bond donors (Lipinski definition) is 1. The third kappa shape index (κ3) is 3.00. The van der Waals surface area contributed by atoms with Crippen molar-refractivity contribution in [1.82, 2.24) is 0 Å². The summed E-state index contributed by atoms with van der Waals surface area (Å²) in [5.41, 5.74) is 1.47. The van der Waals surface area contributed by atoms with E-state index in [1.165, 1.54) is 12.1 Å². The zero-order valence-corrected chi connectivity index (χ0v) is 12.5. The molecule has 0 heterocycles. The molecule has 0 aliphatic carbocycles. The molecule has 0 aliphatic rings. The molecule has 1 atom stereocenters. The van der Waals surface area contributed by atoms with Crippen LogP contribution in [0.3, 0.4) is 0 Å². The van der Waals surface area contributed by atoms with Gasteiger partial charge in [-0.2, -0.15) is 0 Å². The Hall–Kier alpha value is -1.13.